The Bertz CT molecular complexity index is 3260. The first-order valence-electron chi connectivity index (χ1n) is 30.9. The summed E-state index contributed by atoms with van der Waals surface area (Å²) in [5.74, 6) is -13.2. The van der Waals surface area contributed by atoms with E-state index in [-0.39, 0.29) is 68.1 Å². The van der Waals surface area contributed by atoms with E-state index in [9.17, 15) is 77.6 Å². The van der Waals surface area contributed by atoms with Crippen molar-refractivity contribution < 1.29 is 77.6 Å². The summed E-state index contributed by atoms with van der Waals surface area (Å²) < 4.78 is 0. The zero-order valence-corrected chi connectivity index (χ0v) is 55.9. The predicted octanol–water partition coefficient (Wildman–Crippen LogP) is -1.16. The molecular weight excluding hydrogens is 1280 g/mol. The van der Waals surface area contributed by atoms with Gasteiger partial charge >= 0.3 is 11.9 Å². The van der Waals surface area contributed by atoms with Crippen molar-refractivity contribution in [3.05, 3.63) is 120 Å². The lowest BCUT2D eigenvalue weighted by molar-refractivity contribution is -0.142. The molecule has 522 valence electrons. The Morgan fingerprint density at radius 3 is 1.36 bits per heavy atom. The van der Waals surface area contributed by atoms with Gasteiger partial charge in [0.2, 0.25) is 65.0 Å². The average molecular weight is 1370 g/mol. The van der Waals surface area contributed by atoms with Crippen molar-refractivity contribution in [2.24, 2.45) is 23.3 Å². The lowest BCUT2D eigenvalue weighted by atomic mass is 9.99. The third kappa shape index (κ3) is 28.2. The number of benzene rings is 3. The number of imidazole rings is 1. The number of phenols is 1. The van der Waals surface area contributed by atoms with E-state index in [1.807, 2.05) is 20.1 Å². The van der Waals surface area contributed by atoms with Gasteiger partial charge in [-0.05, 0) is 90.4 Å². The Morgan fingerprint density at radius 2 is 0.906 bits per heavy atom. The molecule has 0 saturated carbocycles. The highest BCUT2D eigenvalue weighted by Crippen LogP contribution is 2.15. The number of thioether (sulfide) groups is 2. The second-order valence-corrected chi connectivity index (χ2v) is 25.4. The fourth-order valence-electron chi connectivity index (χ4n) is 9.64. The summed E-state index contributed by atoms with van der Waals surface area (Å²) in [7, 11) is 0. The Balaban J connectivity index is 1.59. The highest BCUT2D eigenvalue weighted by molar-refractivity contribution is 7.98. The summed E-state index contributed by atoms with van der Waals surface area (Å²) in [4.78, 5) is 184. The van der Waals surface area contributed by atoms with Crippen molar-refractivity contribution in [3.8, 4) is 5.75 Å². The number of carboxylic acid groups (broad SMARTS) is 2. The summed E-state index contributed by atoms with van der Waals surface area (Å²) in [5, 5.41) is 54.8. The summed E-state index contributed by atoms with van der Waals surface area (Å²) in [6.45, 7) is 6.24. The summed E-state index contributed by atoms with van der Waals surface area (Å²) >= 11 is 2.72. The number of carboxylic acids is 2. The van der Waals surface area contributed by atoms with Crippen LogP contribution in [0.1, 0.15) is 82.2 Å². The van der Waals surface area contributed by atoms with Gasteiger partial charge in [0, 0.05) is 31.2 Å². The Labute approximate surface area is 564 Å². The molecule has 0 saturated heterocycles. The zero-order chi connectivity index (χ0) is 71.0. The molecule has 10 atom stereocenters. The largest absolute Gasteiger partial charge is 0.508 e. The van der Waals surface area contributed by atoms with Gasteiger partial charge in [-0.25, -0.2) is 4.98 Å². The SMILES string of the molecule is CSCC[C@H](NC(=O)[C@H](CC(C)C)NC(=O)CNC(=O)[C@@H](NC(=O)[C@H](Cc1ccccc1)NC(=O)[C@H](Cc1ccccc1)NC(=O)[C@H](CC(=O)O)NC(=O)[C@H](Cc1cnc[nH]1)NC(=O)[C@H](CCSC)NC(=O)[C@H](CC(=O)O)NC(=O)[C@@H](N)Cc1ccc(O)cc1)C(C)C)C(N)=O. The molecule has 3 aromatic carbocycles. The number of hydrogen-bond donors (Lipinski definition) is 16. The first-order valence-corrected chi connectivity index (χ1v) is 33.7. The summed E-state index contributed by atoms with van der Waals surface area (Å²) in [6.07, 6.45) is 3.56. The van der Waals surface area contributed by atoms with Crippen molar-refractivity contribution in [2.75, 3.05) is 30.6 Å². The minimum atomic E-state index is -1.96. The van der Waals surface area contributed by atoms with Gasteiger partial charge in [0.25, 0.3) is 0 Å². The smallest absolute Gasteiger partial charge is 0.305 e. The Morgan fingerprint density at radius 1 is 0.490 bits per heavy atom. The van der Waals surface area contributed by atoms with Crippen molar-refractivity contribution in [1.82, 2.24) is 63.1 Å². The molecule has 1 aromatic heterocycles. The first-order chi connectivity index (χ1) is 45.6. The van der Waals surface area contributed by atoms with E-state index in [2.05, 4.69) is 63.1 Å². The van der Waals surface area contributed by atoms with E-state index in [1.54, 1.807) is 80.8 Å². The maximum atomic E-state index is 14.8. The molecule has 0 aliphatic heterocycles. The maximum Gasteiger partial charge on any atom is 0.305 e. The molecule has 0 radical (unpaired) electrons. The predicted molar refractivity (Wildman–Crippen MR) is 357 cm³/mol. The van der Waals surface area contributed by atoms with Crippen LogP contribution in [0.3, 0.4) is 0 Å². The number of hydrogen-bond acceptors (Lipinski definition) is 18. The van der Waals surface area contributed by atoms with Crippen LogP contribution in [0.25, 0.3) is 0 Å². The molecule has 0 aliphatic rings. The third-order valence-electron chi connectivity index (χ3n) is 14.7. The molecule has 4 rings (SSSR count). The molecule has 0 spiro atoms. The van der Waals surface area contributed by atoms with Crippen LogP contribution in [0.4, 0.5) is 0 Å². The minimum absolute atomic E-state index is 0.0371. The number of aromatic nitrogens is 2. The number of aliphatic carboxylic acids is 2. The topological polar surface area (TPSA) is 484 Å². The molecule has 0 bridgehead atoms. The average Bonchev–Trinajstić information content (AvgIpc) is 1.00. The van der Waals surface area contributed by atoms with Crippen molar-refractivity contribution in [3.63, 3.8) is 0 Å². The number of phenolic OH excluding ortho intramolecular Hbond substituents is 1. The van der Waals surface area contributed by atoms with Crippen LogP contribution in [0.15, 0.2) is 97.5 Å². The number of amides is 11. The fraction of sp³-hybridized carbons (Fsp3) is 0.469. The molecule has 0 fully saturated rings. The minimum Gasteiger partial charge on any atom is -0.508 e. The van der Waals surface area contributed by atoms with E-state index in [4.69, 9.17) is 11.5 Å². The van der Waals surface area contributed by atoms with Crippen molar-refractivity contribution in [1.29, 1.82) is 0 Å². The Hall–Kier alpha value is -9.56. The monoisotopic (exact) mass is 1370 g/mol. The number of nitrogens with one attached hydrogen (secondary N) is 11. The molecule has 96 heavy (non-hydrogen) atoms. The van der Waals surface area contributed by atoms with Gasteiger partial charge < -0.3 is 84.9 Å². The van der Waals surface area contributed by atoms with Crippen LogP contribution < -0.4 is 64.6 Å². The van der Waals surface area contributed by atoms with Gasteiger partial charge in [0.1, 0.15) is 60.1 Å². The van der Waals surface area contributed by atoms with Gasteiger partial charge in [-0.2, -0.15) is 23.5 Å². The zero-order valence-electron chi connectivity index (χ0n) is 54.2. The second kappa shape index (κ2) is 40.6. The number of primary amides is 1. The number of nitrogens with two attached hydrogens (primary N) is 2. The lowest BCUT2D eigenvalue weighted by Crippen LogP contribution is -2.61. The van der Waals surface area contributed by atoms with E-state index < -0.39 is 163 Å². The van der Waals surface area contributed by atoms with Crippen molar-refractivity contribution >= 4 is 100 Å². The number of aromatic hydroxyl groups is 1. The number of nitrogens with zero attached hydrogens (tertiary/aromatic N) is 1. The van der Waals surface area contributed by atoms with E-state index >= 15 is 0 Å². The van der Waals surface area contributed by atoms with Gasteiger partial charge in [-0.15, -0.1) is 0 Å². The second-order valence-electron chi connectivity index (χ2n) is 23.4. The molecule has 0 unspecified atom stereocenters. The van der Waals surface area contributed by atoms with Crippen molar-refractivity contribution in [2.45, 2.75) is 146 Å². The van der Waals surface area contributed by atoms with Crippen LogP contribution >= 0.6 is 23.5 Å². The lowest BCUT2D eigenvalue weighted by Gasteiger charge is -2.28. The summed E-state index contributed by atoms with van der Waals surface area (Å²) in [6, 6.07) is 7.82. The van der Waals surface area contributed by atoms with E-state index in [1.165, 1.54) is 60.3 Å². The summed E-state index contributed by atoms with van der Waals surface area (Å²) in [5.41, 5.74) is 13.5. The molecule has 4 aromatic rings. The number of H-pyrrole nitrogens is 1. The quantitative estimate of drug-likeness (QED) is 0.0249. The van der Waals surface area contributed by atoms with Gasteiger partial charge in [0.05, 0.1) is 31.8 Å². The molecule has 32 heteroatoms. The fourth-order valence-corrected chi connectivity index (χ4v) is 10.6. The van der Waals surface area contributed by atoms with Crippen LogP contribution in [-0.4, -0.2) is 193 Å². The number of aromatic amines is 1. The van der Waals surface area contributed by atoms with Crippen LogP contribution in [0.2, 0.25) is 0 Å². The number of carbonyl (C=O) groups excluding carboxylic acids is 11. The number of rotatable bonds is 42. The third-order valence-corrected chi connectivity index (χ3v) is 16.0. The molecule has 18 N–H and O–H groups in total. The van der Waals surface area contributed by atoms with Gasteiger partial charge in [0.15, 0.2) is 0 Å². The van der Waals surface area contributed by atoms with Crippen LogP contribution in [0.5, 0.6) is 5.75 Å². The Kier molecular flexibility index (Phi) is 33.4. The van der Waals surface area contributed by atoms with Gasteiger partial charge in [-0.1, -0.05) is 100 Å². The van der Waals surface area contributed by atoms with Gasteiger partial charge in [-0.3, -0.25) is 62.3 Å². The van der Waals surface area contributed by atoms with Crippen LogP contribution in [0, 0.1) is 11.8 Å². The standard InChI is InChI=1S/C64H88N14O16S2/c1-35(2)25-45(58(88)71-43(55(66)85)21-23-95-5)70-51(80)33-68-64(94)54(36(3)4)78-63(93)47(28-38-15-11-8-12-16-38)75-59(89)46(27-37-13-9-7-10-14-37)74-62(92)50(31-53(83)84)77-60(90)48(29-40-32-67-34-69-40)76-57(87)44(22-24-96-6)72-61(91)49(30-52(81)82)73-56(86)42(65)26-39-17-19-41(79)20-18-39/h7-20,32,34-36,42-50,54,79H,21-31,33,65H2,1-6H3,(H2,66,85)(H,67,69)(H,68,94)(H,70,80)(H,71,88)(H,72,91)(H,73,86)(H,74,92)(H,75,89)(H,76,87)(H,77,90)(H,78,93)(H,81,82)(H,83,84)/t42-,43-,44-,45-,46-,47-,48-,49-,50-,54-/m0/s1. The normalized spacial score (nSPS) is 14.2. The first kappa shape index (κ1) is 78.9. The maximum absolute atomic E-state index is 14.8. The highest BCUT2D eigenvalue weighted by Gasteiger charge is 2.37. The molecule has 1 heterocycles. The van der Waals surface area contributed by atoms with E-state index in [0.29, 0.717) is 22.4 Å². The molecule has 0 aliphatic carbocycles. The molecule has 30 nitrogen and oxygen atoms in total. The number of carbonyl (C=O) groups is 13. The highest BCUT2D eigenvalue weighted by atomic mass is 32.2. The van der Waals surface area contributed by atoms with Crippen LogP contribution in [-0.2, 0) is 88.0 Å². The van der Waals surface area contributed by atoms with E-state index in [0.717, 1.165) is 0 Å². The molecule has 11 amide bonds. The molecular formula is C64H88N14O16S2.